The Morgan fingerprint density at radius 2 is 2.43 bits per heavy atom. The third kappa shape index (κ3) is 2.87. The summed E-state index contributed by atoms with van der Waals surface area (Å²) in [6.07, 6.45) is 2.28. The summed E-state index contributed by atoms with van der Waals surface area (Å²) in [6.45, 7) is 4.56. The fraction of sp³-hybridized carbons (Fsp3) is 0.500. The molecule has 1 unspecified atom stereocenters. The van der Waals surface area contributed by atoms with Gasteiger partial charge in [-0.1, -0.05) is 29.8 Å². The highest BCUT2D eigenvalue weighted by Gasteiger charge is 2.12. The maximum atomic E-state index is 11.6. The number of hydrogen-bond donors (Lipinski definition) is 1. The van der Waals surface area contributed by atoms with Crippen molar-refractivity contribution in [3.8, 4) is 0 Å². The van der Waals surface area contributed by atoms with Crippen LogP contribution in [0.5, 0.6) is 0 Å². The van der Waals surface area contributed by atoms with Gasteiger partial charge in [0.2, 0.25) is 0 Å². The third-order valence-electron chi connectivity index (χ3n) is 1.86. The van der Waals surface area contributed by atoms with E-state index in [1.54, 1.807) is 12.3 Å². The first-order valence-electron chi connectivity index (χ1n) is 4.63. The van der Waals surface area contributed by atoms with Gasteiger partial charge < -0.3 is 9.73 Å². The van der Waals surface area contributed by atoms with Gasteiger partial charge in [0.15, 0.2) is 0 Å². The molecule has 1 amide bonds. The van der Waals surface area contributed by atoms with E-state index < -0.39 is 0 Å². The second-order valence-corrected chi connectivity index (χ2v) is 4.66. The van der Waals surface area contributed by atoms with E-state index in [2.05, 4.69) is 21.2 Å². The smallest absolute Gasteiger partial charge is 0.254 e. The van der Waals surface area contributed by atoms with E-state index in [1.807, 2.05) is 13.8 Å². The Labute approximate surface area is 92.0 Å². The lowest BCUT2D eigenvalue weighted by Gasteiger charge is -2.05. The summed E-state index contributed by atoms with van der Waals surface area (Å²) in [4.78, 5) is 11.9. The standard InChI is InChI=1S/C10H14BrNO2/c1-3-9-8(4-5-14-9)10(13)12-6-7(2)11/h4-5,7H,3,6H2,1-2H3,(H,12,13). The number of furan rings is 1. The molecule has 1 heterocycles. The number of carbonyl (C=O) groups is 1. The van der Waals surface area contributed by atoms with E-state index in [0.717, 1.165) is 12.2 Å². The largest absolute Gasteiger partial charge is 0.469 e. The summed E-state index contributed by atoms with van der Waals surface area (Å²) in [7, 11) is 0. The van der Waals surface area contributed by atoms with Gasteiger partial charge in [0.1, 0.15) is 5.76 Å². The lowest BCUT2D eigenvalue weighted by Crippen LogP contribution is -2.28. The van der Waals surface area contributed by atoms with Gasteiger partial charge in [-0.05, 0) is 6.07 Å². The molecule has 0 fully saturated rings. The number of nitrogens with one attached hydrogen (secondary N) is 1. The molecular formula is C10H14BrNO2. The molecule has 0 aliphatic heterocycles. The molecule has 0 saturated carbocycles. The average Bonchev–Trinajstić information content (AvgIpc) is 2.61. The Morgan fingerprint density at radius 1 is 1.71 bits per heavy atom. The van der Waals surface area contributed by atoms with Crippen molar-refractivity contribution in [2.75, 3.05) is 6.54 Å². The van der Waals surface area contributed by atoms with E-state index in [1.165, 1.54) is 0 Å². The van der Waals surface area contributed by atoms with Gasteiger partial charge in [-0.15, -0.1) is 0 Å². The van der Waals surface area contributed by atoms with Crippen LogP contribution in [0.4, 0.5) is 0 Å². The van der Waals surface area contributed by atoms with Gasteiger partial charge in [-0.2, -0.15) is 0 Å². The first-order valence-corrected chi connectivity index (χ1v) is 5.55. The van der Waals surface area contributed by atoms with Crippen molar-refractivity contribution < 1.29 is 9.21 Å². The molecule has 1 aromatic rings. The predicted octanol–water partition coefficient (Wildman–Crippen LogP) is 2.36. The zero-order valence-corrected chi connectivity index (χ0v) is 9.93. The molecule has 14 heavy (non-hydrogen) atoms. The number of amides is 1. The number of aryl methyl sites for hydroxylation is 1. The van der Waals surface area contributed by atoms with Crippen molar-refractivity contribution in [3.05, 3.63) is 23.7 Å². The second-order valence-electron chi connectivity index (χ2n) is 3.10. The molecule has 78 valence electrons. The molecule has 1 rings (SSSR count). The molecule has 1 aromatic heterocycles. The zero-order chi connectivity index (χ0) is 10.6. The highest BCUT2D eigenvalue weighted by molar-refractivity contribution is 9.09. The van der Waals surface area contributed by atoms with E-state index in [-0.39, 0.29) is 10.7 Å². The second kappa shape index (κ2) is 5.20. The Kier molecular flexibility index (Phi) is 4.20. The van der Waals surface area contributed by atoms with E-state index >= 15 is 0 Å². The minimum atomic E-state index is -0.0677. The molecule has 1 atom stereocenters. The van der Waals surface area contributed by atoms with Crippen LogP contribution >= 0.6 is 15.9 Å². The molecule has 0 aliphatic carbocycles. The van der Waals surface area contributed by atoms with Crippen molar-refractivity contribution in [1.29, 1.82) is 0 Å². The van der Waals surface area contributed by atoms with Gasteiger partial charge in [-0.25, -0.2) is 0 Å². The van der Waals surface area contributed by atoms with Crippen LogP contribution in [0.25, 0.3) is 0 Å². The number of halogens is 1. The van der Waals surface area contributed by atoms with E-state index in [4.69, 9.17) is 4.42 Å². The number of hydrogen-bond acceptors (Lipinski definition) is 2. The van der Waals surface area contributed by atoms with Crippen molar-refractivity contribution >= 4 is 21.8 Å². The quantitative estimate of drug-likeness (QED) is 0.844. The number of rotatable bonds is 4. The summed E-state index contributed by atoms with van der Waals surface area (Å²) in [5.41, 5.74) is 0.639. The minimum Gasteiger partial charge on any atom is -0.469 e. The van der Waals surface area contributed by atoms with Crippen LogP contribution in [0.15, 0.2) is 16.7 Å². The highest BCUT2D eigenvalue weighted by atomic mass is 79.9. The van der Waals surface area contributed by atoms with Crippen LogP contribution in [0, 0.1) is 0 Å². The minimum absolute atomic E-state index is 0.0677. The zero-order valence-electron chi connectivity index (χ0n) is 8.34. The van der Waals surface area contributed by atoms with Gasteiger partial charge in [-0.3, -0.25) is 4.79 Å². The molecule has 0 radical (unpaired) electrons. The summed E-state index contributed by atoms with van der Waals surface area (Å²) < 4.78 is 5.17. The lowest BCUT2D eigenvalue weighted by atomic mass is 10.2. The first kappa shape index (κ1) is 11.3. The molecule has 0 spiro atoms. The first-order chi connectivity index (χ1) is 6.65. The molecular weight excluding hydrogens is 246 g/mol. The highest BCUT2D eigenvalue weighted by Crippen LogP contribution is 2.10. The van der Waals surface area contributed by atoms with Crippen LogP contribution in [0.1, 0.15) is 30.0 Å². The summed E-state index contributed by atoms with van der Waals surface area (Å²) >= 11 is 3.36. The van der Waals surface area contributed by atoms with Gasteiger partial charge in [0.25, 0.3) is 5.91 Å². The van der Waals surface area contributed by atoms with Crippen LogP contribution in [-0.4, -0.2) is 17.3 Å². The monoisotopic (exact) mass is 259 g/mol. The van der Waals surface area contributed by atoms with Crippen molar-refractivity contribution in [2.24, 2.45) is 0 Å². The fourth-order valence-electron chi connectivity index (χ4n) is 1.15. The normalized spacial score (nSPS) is 12.5. The van der Waals surface area contributed by atoms with Gasteiger partial charge >= 0.3 is 0 Å². The van der Waals surface area contributed by atoms with Crippen LogP contribution in [-0.2, 0) is 6.42 Å². The number of alkyl halides is 1. The Balaban J connectivity index is 2.60. The Morgan fingerprint density at radius 3 is 3.00 bits per heavy atom. The molecule has 0 bridgehead atoms. The van der Waals surface area contributed by atoms with Crippen molar-refractivity contribution in [1.82, 2.24) is 5.32 Å². The summed E-state index contributed by atoms with van der Waals surface area (Å²) in [5, 5.41) is 2.81. The van der Waals surface area contributed by atoms with Crippen LogP contribution in [0.3, 0.4) is 0 Å². The van der Waals surface area contributed by atoms with E-state index in [9.17, 15) is 4.79 Å². The Hall–Kier alpha value is -0.770. The molecule has 1 N–H and O–H groups in total. The molecule has 4 heteroatoms. The van der Waals surface area contributed by atoms with Gasteiger partial charge in [0, 0.05) is 17.8 Å². The van der Waals surface area contributed by atoms with Crippen LogP contribution < -0.4 is 5.32 Å². The van der Waals surface area contributed by atoms with Crippen molar-refractivity contribution in [2.45, 2.75) is 25.1 Å². The summed E-state index contributed by atoms with van der Waals surface area (Å²) in [6, 6.07) is 1.70. The average molecular weight is 260 g/mol. The third-order valence-corrected chi connectivity index (χ3v) is 2.18. The SMILES string of the molecule is CCc1occc1C(=O)NCC(C)Br. The topological polar surface area (TPSA) is 42.2 Å². The molecule has 0 aliphatic rings. The maximum absolute atomic E-state index is 11.6. The molecule has 3 nitrogen and oxygen atoms in total. The lowest BCUT2D eigenvalue weighted by molar-refractivity contribution is 0.0952. The fourth-order valence-corrected chi connectivity index (χ4v) is 1.31. The summed E-state index contributed by atoms with van der Waals surface area (Å²) in [5.74, 6) is 0.673. The molecule has 0 aromatic carbocycles. The van der Waals surface area contributed by atoms with Gasteiger partial charge in [0.05, 0.1) is 11.8 Å². The molecule has 0 saturated heterocycles. The van der Waals surface area contributed by atoms with Crippen LogP contribution in [0.2, 0.25) is 0 Å². The van der Waals surface area contributed by atoms with E-state index in [0.29, 0.717) is 12.1 Å². The maximum Gasteiger partial charge on any atom is 0.254 e. The predicted molar refractivity (Wildman–Crippen MR) is 58.8 cm³/mol. The Bertz CT molecular complexity index is 307. The van der Waals surface area contributed by atoms with Crippen molar-refractivity contribution in [3.63, 3.8) is 0 Å². The number of carbonyl (C=O) groups excluding carboxylic acids is 1.